The lowest BCUT2D eigenvalue weighted by atomic mass is 10.1. The molecule has 10 heteroatoms. The van der Waals surface area contributed by atoms with Crippen LogP contribution in [0.2, 0.25) is 0 Å². The summed E-state index contributed by atoms with van der Waals surface area (Å²) in [6.45, 7) is 3.39. The van der Waals surface area contributed by atoms with Gasteiger partial charge in [0.1, 0.15) is 6.61 Å². The van der Waals surface area contributed by atoms with Gasteiger partial charge in [-0.3, -0.25) is 14.1 Å². The van der Waals surface area contributed by atoms with Gasteiger partial charge >= 0.3 is 19.8 Å². The average molecular weight is 763 g/mol. The predicted molar refractivity (Wildman–Crippen MR) is 217 cm³/mol. The minimum absolute atomic E-state index is 0.000337. The molecule has 0 aromatic rings. The highest BCUT2D eigenvalue weighted by Gasteiger charge is 2.22. The number of hydrogen-bond donors (Lipinski definition) is 3. The van der Waals surface area contributed by atoms with Gasteiger partial charge in [-0.05, 0) is 70.6 Å². The molecule has 9 nitrogen and oxygen atoms in total. The Morgan fingerprint density at radius 3 is 1.79 bits per heavy atom. The maximum absolute atomic E-state index is 12.4. The number of rotatable bonds is 35. The molecule has 0 aliphatic carbocycles. The molecule has 53 heavy (non-hydrogen) atoms. The fourth-order valence-electron chi connectivity index (χ4n) is 5.01. The van der Waals surface area contributed by atoms with Crippen LogP contribution in [-0.4, -0.2) is 52.3 Å². The summed E-state index contributed by atoms with van der Waals surface area (Å²) in [4.78, 5) is 42.8. The van der Waals surface area contributed by atoms with Gasteiger partial charge in [0.05, 0.1) is 12.7 Å². The molecule has 0 radical (unpaired) electrons. The fraction of sp³-hybridized carbons (Fsp3) is 0.628. The number of ether oxygens (including phenoxy) is 2. The van der Waals surface area contributed by atoms with Gasteiger partial charge in [-0.25, -0.2) is 4.57 Å². The van der Waals surface area contributed by atoms with Crippen molar-refractivity contribution >= 4 is 19.8 Å². The topological polar surface area (TPSA) is 140 Å². The molecule has 1 unspecified atom stereocenters. The van der Waals surface area contributed by atoms with Crippen LogP contribution in [0.1, 0.15) is 149 Å². The second kappa shape index (κ2) is 37.5. The van der Waals surface area contributed by atoms with Crippen LogP contribution in [0.25, 0.3) is 0 Å². The SMILES string of the molecule is CC/C=C\C/C=C\C/C=C\C/C=C\C=C/C(O)C/C=C\CCC(=O)O[C@H](COC(=O)CCCCCCC/C=C\CCCCCCCC)COP(=O)(O)O. The smallest absolute Gasteiger partial charge is 0.462 e. The number of carbonyl (C=O) groups is 2. The Labute approximate surface area is 321 Å². The van der Waals surface area contributed by atoms with E-state index in [4.69, 9.17) is 19.3 Å². The third kappa shape index (κ3) is 40.2. The first kappa shape index (κ1) is 50.2. The molecule has 0 aliphatic rings. The van der Waals surface area contributed by atoms with Crippen molar-refractivity contribution in [2.45, 2.75) is 161 Å². The maximum atomic E-state index is 12.4. The summed E-state index contributed by atoms with van der Waals surface area (Å²) >= 11 is 0. The Hall–Kier alpha value is -2.81. The second-order valence-corrected chi connectivity index (χ2v) is 14.3. The number of allylic oxidation sites excluding steroid dienone is 12. The molecule has 0 heterocycles. The average Bonchev–Trinajstić information content (AvgIpc) is 3.12. The molecule has 0 spiro atoms. The lowest BCUT2D eigenvalue weighted by Gasteiger charge is -2.18. The molecule has 0 aliphatic heterocycles. The highest BCUT2D eigenvalue weighted by Crippen LogP contribution is 2.36. The van der Waals surface area contributed by atoms with Crippen molar-refractivity contribution in [2.24, 2.45) is 0 Å². The van der Waals surface area contributed by atoms with Gasteiger partial charge in [-0.2, -0.15) is 0 Å². The van der Waals surface area contributed by atoms with Crippen molar-refractivity contribution in [3.05, 3.63) is 85.1 Å². The zero-order valence-electron chi connectivity index (χ0n) is 32.7. The molecule has 3 N–H and O–H groups in total. The summed E-state index contributed by atoms with van der Waals surface area (Å²) in [5.74, 6) is -1.08. The van der Waals surface area contributed by atoms with E-state index in [1.165, 1.54) is 38.5 Å². The highest BCUT2D eigenvalue weighted by molar-refractivity contribution is 7.46. The minimum atomic E-state index is -4.81. The van der Waals surface area contributed by atoms with E-state index in [0.717, 1.165) is 64.2 Å². The van der Waals surface area contributed by atoms with Gasteiger partial charge in [-0.1, -0.05) is 150 Å². The Bertz CT molecular complexity index is 1150. The van der Waals surface area contributed by atoms with E-state index in [9.17, 15) is 19.3 Å². The van der Waals surface area contributed by atoms with Gasteiger partial charge < -0.3 is 24.4 Å². The van der Waals surface area contributed by atoms with Gasteiger partial charge in [0, 0.05) is 12.8 Å². The summed E-state index contributed by atoms with van der Waals surface area (Å²) in [6.07, 6.45) is 46.2. The highest BCUT2D eigenvalue weighted by atomic mass is 31.2. The van der Waals surface area contributed by atoms with Gasteiger partial charge in [0.15, 0.2) is 6.10 Å². The normalized spacial score (nSPS) is 14.0. The first-order valence-corrected chi connectivity index (χ1v) is 21.5. The Morgan fingerprint density at radius 1 is 0.604 bits per heavy atom. The van der Waals surface area contributed by atoms with Crippen LogP contribution >= 0.6 is 7.82 Å². The largest absolute Gasteiger partial charge is 0.469 e. The van der Waals surface area contributed by atoms with Gasteiger partial charge in [0.2, 0.25) is 0 Å². The number of unbranched alkanes of at least 4 members (excludes halogenated alkanes) is 11. The maximum Gasteiger partial charge on any atom is 0.469 e. The first-order chi connectivity index (χ1) is 25.7. The molecule has 0 aromatic heterocycles. The van der Waals surface area contributed by atoms with E-state index in [2.05, 4.69) is 67.0 Å². The zero-order chi connectivity index (χ0) is 39.1. The molecule has 2 atom stereocenters. The van der Waals surface area contributed by atoms with Crippen LogP contribution in [0.15, 0.2) is 85.1 Å². The summed E-state index contributed by atoms with van der Waals surface area (Å²) < 4.78 is 26.2. The molecule has 302 valence electrons. The van der Waals surface area contributed by atoms with Crippen LogP contribution in [0, 0.1) is 0 Å². The fourth-order valence-corrected chi connectivity index (χ4v) is 5.37. The molecular formula is C43H71O9P. The van der Waals surface area contributed by atoms with Gasteiger partial charge in [0.25, 0.3) is 0 Å². The Kier molecular flexibility index (Phi) is 35.5. The van der Waals surface area contributed by atoms with E-state index in [1.807, 2.05) is 12.2 Å². The number of hydrogen-bond acceptors (Lipinski definition) is 7. The van der Waals surface area contributed by atoms with E-state index >= 15 is 0 Å². The summed E-state index contributed by atoms with van der Waals surface area (Å²) in [5.41, 5.74) is 0. The molecule has 0 saturated carbocycles. The summed E-state index contributed by atoms with van der Waals surface area (Å²) in [6, 6.07) is 0. The van der Waals surface area contributed by atoms with E-state index < -0.39 is 38.6 Å². The predicted octanol–water partition coefficient (Wildman–Crippen LogP) is 11.0. The van der Waals surface area contributed by atoms with E-state index in [-0.39, 0.29) is 19.4 Å². The first-order valence-electron chi connectivity index (χ1n) is 20.0. The van der Waals surface area contributed by atoms with Crippen LogP contribution < -0.4 is 0 Å². The van der Waals surface area contributed by atoms with Crippen LogP contribution in [0.3, 0.4) is 0 Å². The molecule has 0 saturated heterocycles. The second-order valence-electron chi connectivity index (χ2n) is 13.1. The molecule has 0 amide bonds. The minimum Gasteiger partial charge on any atom is -0.462 e. The molecule has 0 rings (SSSR count). The summed E-state index contributed by atoms with van der Waals surface area (Å²) in [7, 11) is -4.81. The standard InChI is InChI=1S/C43H71O9P/c1-3-5-7-9-11-13-15-17-18-20-22-24-26-28-32-36-42(45)50-38-41(39-51-53(47,48)49)52-43(46)37-33-29-31-35-40(44)34-30-27-25-23-21-19-16-14-12-10-8-6-4-2/h6,8,12,14,17-19,21,25,27,29-31,34,40-41,44H,3-5,7,9-11,13,15-16,20,22-24,26,28,32-33,35-39H2,1-2H3,(H2,47,48,49)/b8-6-,14-12-,18-17-,21-19-,27-25-,31-29-,34-30-/t40?,41-/m1/s1. The third-order valence-corrected chi connectivity index (χ3v) is 8.48. The van der Waals surface area contributed by atoms with Crippen molar-refractivity contribution in [3.8, 4) is 0 Å². The van der Waals surface area contributed by atoms with Crippen LogP contribution in [-0.2, 0) is 28.2 Å². The quantitative estimate of drug-likeness (QED) is 0.0189. The zero-order valence-corrected chi connectivity index (χ0v) is 33.6. The summed E-state index contributed by atoms with van der Waals surface area (Å²) in [5, 5.41) is 10.1. The van der Waals surface area contributed by atoms with Crippen molar-refractivity contribution in [2.75, 3.05) is 13.2 Å². The number of esters is 2. The molecule has 0 bridgehead atoms. The number of carbonyl (C=O) groups excluding carboxylic acids is 2. The lowest BCUT2D eigenvalue weighted by Crippen LogP contribution is -2.29. The number of phosphoric acid groups is 1. The van der Waals surface area contributed by atoms with Gasteiger partial charge in [-0.15, -0.1) is 0 Å². The number of phosphoric ester groups is 1. The van der Waals surface area contributed by atoms with Crippen molar-refractivity contribution in [1.82, 2.24) is 0 Å². The molecule has 0 fully saturated rings. The van der Waals surface area contributed by atoms with E-state index in [1.54, 1.807) is 24.3 Å². The molecule has 0 aromatic carbocycles. The third-order valence-electron chi connectivity index (χ3n) is 7.99. The van der Waals surface area contributed by atoms with Crippen molar-refractivity contribution in [1.29, 1.82) is 0 Å². The van der Waals surface area contributed by atoms with Crippen molar-refractivity contribution in [3.63, 3.8) is 0 Å². The Balaban J connectivity index is 4.21. The van der Waals surface area contributed by atoms with Crippen LogP contribution in [0.4, 0.5) is 0 Å². The van der Waals surface area contributed by atoms with E-state index in [0.29, 0.717) is 19.3 Å². The number of aliphatic hydroxyl groups excluding tert-OH is 1. The number of aliphatic hydroxyl groups is 1. The Morgan fingerprint density at radius 2 is 1.17 bits per heavy atom. The van der Waals surface area contributed by atoms with Crippen LogP contribution in [0.5, 0.6) is 0 Å². The monoisotopic (exact) mass is 762 g/mol. The lowest BCUT2D eigenvalue weighted by molar-refractivity contribution is -0.161. The van der Waals surface area contributed by atoms with Crippen molar-refractivity contribution < 1.29 is 43.0 Å². The molecular weight excluding hydrogens is 691 g/mol.